The SMILES string of the molecule is CCOc1cc(O)cc(C(=O)O)c1F. The molecule has 0 amide bonds. The third-order valence-electron chi connectivity index (χ3n) is 1.55. The van der Waals surface area contributed by atoms with Gasteiger partial charge in [0.25, 0.3) is 0 Å². The van der Waals surface area contributed by atoms with Crippen LogP contribution in [0.2, 0.25) is 0 Å². The maximum Gasteiger partial charge on any atom is 0.338 e. The molecule has 5 heteroatoms. The zero-order valence-corrected chi connectivity index (χ0v) is 7.45. The second kappa shape index (κ2) is 3.95. The molecule has 0 aliphatic heterocycles. The lowest BCUT2D eigenvalue weighted by Gasteiger charge is -2.07. The lowest BCUT2D eigenvalue weighted by atomic mass is 10.2. The second-order valence-electron chi connectivity index (χ2n) is 2.54. The van der Waals surface area contributed by atoms with E-state index in [1.165, 1.54) is 0 Å². The molecule has 0 atom stereocenters. The average Bonchev–Trinajstić information content (AvgIpc) is 2.10. The number of phenolic OH excluding ortho intramolecular Hbond substituents is 1. The number of carboxylic acids is 1. The highest BCUT2D eigenvalue weighted by Crippen LogP contribution is 2.26. The number of hydrogen-bond acceptors (Lipinski definition) is 3. The molecule has 14 heavy (non-hydrogen) atoms. The van der Waals surface area contributed by atoms with Crippen LogP contribution in [0.4, 0.5) is 4.39 Å². The average molecular weight is 200 g/mol. The second-order valence-corrected chi connectivity index (χ2v) is 2.54. The van der Waals surface area contributed by atoms with Crippen molar-refractivity contribution < 1.29 is 24.1 Å². The first-order valence-corrected chi connectivity index (χ1v) is 3.94. The number of aromatic carboxylic acids is 1. The monoisotopic (exact) mass is 200 g/mol. The van der Waals surface area contributed by atoms with Crippen LogP contribution in [-0.4, -0.2) is 22.8 Å². The Labute approximate surface area is 79.6 Å². The van der Waals surface area contributed by atoms with Crippen molar-refractivity contribution in [3.8, 4) is 11.5 Å². The van der Waals surface area contributed by atoms with E-state index in [2.05, 4.69) is 0 Å². The van der Waals surface area contributed by atoms with Gasteiger partial charge in [0.2, 0.25) is 0 Å². The minimum Gasteiger partial charge on any atom is -0.508 e. The largest absolute Gasteiger partial charge is 0.508 e. The van der Waals surface area contributed by atoms with E-state index < -0.39 is 17.3 Å². The fourth-order valence-corrected chi connectivity index (χ4v) is 0.999. The number of aromatic hydroxyl groups is 1. The molecule has 0 aromatic heterocycles. The standard InChI is InChI=1S/C9H9FO4/c1-2-14-7-4-5(11)3-6(8(7)10)9(12)13/h3-4,11H,2H2,1H3,(H,12,13). The van der Waals surface area contributed by atoms with E-state index >= 15 is 0 Å². The van der Waals surface area contributed by atoms with Crippen molar-refractivity contribution in [1.82, 2.24) is 0 Å². The molecular formula is C9H9FO4. The number of rotatable bonds is 3. The van der Waals surface area contributed by atoms with Gasteiger partial charge in [-0.15, -0.1) is 0 Å². The number of benzene rings is 1. The van der Waals surface area contributed by atoms with E-state index in [4.69, 9.17) is 14.9 Å². The summed E-state index contributed by atoms with van der Waals surface area (Å²) in [4.78, 5) is 10.5. The number of ether oxygens (including phenoxy) is 1. The minimum absolute atomic E-state index is 0.194. The lowest BCUT2D eigenvalue weighted by molar-refractivity contribution is 0.0690. The molecule has 0 heterocycles. The molecule has 2 N–H and O–H groups in total. The summed E-state index contributed by atoms with van der Waals surface area (Å²) in [6, 6.07) is 1.87. The van der Waals surface area contributed by atoms with Gasteiger partial charge in [0.1, 0.15) is 11.3 Å². The van der Waals surface area contributed by atoms with Crippen LogP contribution in [0.1, 0.15) is 17.3 Å². The zero-order valence-electron chi connectivity index (χ0n) is 7.45. The van der Waals surface area contributed by atoms with Crippen molar-refractivity contribution in [2.75, 3.05) is 6.61 Å². The van der Waals surface area contributed by atoms with Crippen LogP contribution in [0.15, 0.2) is 12.1 Å². The quantitative estimate of drug-likeness (QED) is 0.778. The van der Waals surface area contributed by atoms with Gasteiger partial charge < -0.3 is 14.9 Å². The first-order chi connectivity index (χ1) is 6.56. The minimum atomic E-state index is -1.45. The third-order valence-corrected chi connectivity index (χ3v) is 1.55. The van der Waals surface area contributed by atoms with Crippen molar-refractivity contribution in [2.45, 2.75) is 6.92 Å². The molecule has 4 nitrogen and oxygen atoms in total. The van der Waals surface area contributed by atoms with Crippen molar-refractivity contribution in [3.63, 3.8) is 0 Å². The van der Waals surface area contributed by atoms with Gasteiger partial charge in [0, 0.05) is 6.07 Å². The van der Waals surface area contributed by atoms with Crippen LogP contribution in [-0.2, 0) is 0 Å². The van der Waals surface area contributed by atoms with Crippen molar-refractivity contribution in [1.29, 1.82) is 0 Å². The number of carboxylic acid groups (broad SMARTS) is 1. The van der Waals surface area contributed by atoms with E-state index in [1.807, 2.05) is 0 Å². The Bertz CT molecular complexity index is 362. The van der Waals surface area contributed by atoms with Crippen LogP contribution >= 0.6 is 0 Å². The maximum atomic E-state index is 13.3. The highest BCUT2D eigenvalue weighted by Gasteiger charge is 2.16. The first-order valence-electron chi connectivity index (χ1n) is 3.94. The van der Waals surface area contributed by atoms with Gasteiger partial charge in [-0.25, -0.2) is 9.18 Å². The Morgan fingerprint density at radius 1 is 1.57 bits per heavy atom. The molecule has 0 aliphatic carbocycles. The Balaban J connectivity index is 3.24. The summed E-state index contributed by atoms with van der Waals surface area (Å²) in [5.41, 5.74) is -0.603. The highest BCUT2D eigenvalue weighted by atomic mass is 19.1. The van der Waals surface area contributed by atoms with Gasteiger partial charge in [-0.1, -0.05) is 0 Å². The summed E-state index contributed by atoms with van der Waals surface area (Å²) >= 11 is 0. The summed E-state index contributed by atoms with van der Waals surface area (Å²) in [5, 5.41) is 17.7. The molecule has 0 saturated heterocycles. The van der Waals surface area contributed by atoms with Crippen LogP contribution in [0.3, 0.4) is 0 Å². The summed E-state index contributed by atoms with van der Waals surface area (Å²) in [7, 11) is 0. The fraction of sp³-hybridized carbons (Fsp3) is 0.222. The molecule has 0 unspecified atom stereocenters. The van der Waals surface area contributed by atoms with E-state index in [0.717, 1.165) is 12.1 Å². The molecule has 0 radical (unpaired) electrons. The predicted octanol–water partition coefficient (Wildman–Crippen LogP) is 1.63. The molecule has 0 spiro atoms. The Hall–Kier alpha value is -1.78. The summed E-state index contributed by atoms with van der Waals surface area (Å²) in [6.07, 6.45) is 0. The Morgan fingerprint density at radius 2 is 2.21 bits per heavy atom. The summed E-state index contributed by atoms with van der Waals surface area (Å²) in [5.74, 6) is -3.02. The van der Waals surface area contributed by atoms with Crippen molar-refractivity contribution >= 4 is 5.97 Å². The Morgan fingerprint density at radius 3 is 2.71 bits per heavy atom. The zero-order chi connectivity index (χ0) is 10.7. The predicted molar refractivity (Wildman–Crippen MR) is 46.2 cm³/mol. The van der Waals surface area contributed by atoms with E-state index in [1.54, 1.807) is 6.92 Å². The maximum absolute atomic E-state index is 13.3. The number of carbonyl (C=O) groups is 1. The molecule has 1 aromatic carbocycles. The van der Waals surface area contributed by atoms with Crippen LogP contribution < -0.4 is 4.74 Å². The van der Waals surface area contributed by atoms with Gasteiger partial charge in [-0.3, -0.25) is 0 Å². The van der Waals surface area contributed by atoms with Crippen LogP contribution in [0, 0.1) is 5.82 Å². The molecule has 1 aromatic rings. The van der Waals surface area contributed by atoms with Crippen molar-refractivity contribution in [2.24, 2.45) is 0 Å². The molecule has 0 bridgehead atoms. The highest BCUT2D eigenvalue weighted by molar-refractivity contribution is 5.89. The van der Waals surface area contributed by atoms with Gasteiger partial charge in [0.05, 0.1) is 6.61 Å². The summed E-state index contributed by atoms with van der Waals surface area (Å²) < 4.78 is 18.1. The van der Waals surface area contributed by atoms with E-state index in [-0.39, 0.29) is 18.1 Å². The number of halogens is 1. The van der Waals surface area contributed by atoms with Gasteiger partial charge in [-0.2, -0.15) is 0 Å². The third kappa shape index (κ3) is 1.93. The van der Waals surface area contributed by atoms with Crippen LogP contribution in [0.5, 0.6) is 11.5 Å². The molecule has 0 aliphatic rings. The number of hydrogen-bond donors (Lipinski definition) is 2. The molecule has 0 fully saturated rings. The lowest BCUT2D eigenvalue weighted by Crippen LogP contribution is -2.03. The van der Waals surface area contributed by atoms with Crippen LogP contribution in [0.25, 0.3) is 0 Å². The number of phenols is 1. The molecule has 1 rings (SSSR count). The van der Waals surface area contributed by atoms with Gasteiger partial charge >= 0.3 is 5.97 Å². The van der Waals surface area contributed by atoms with Gasteiger partial charge in [-0.05, 0) is 13.0 Å². The smallest absolute Gasteiger partial charge is 0.338 e. The normalized spacial score (nSPS) is 9.86. The molecule has 76 valence electrons. The first kappa shape index (κ1) is 10.3. The molecular weight excluding hydrogens is 191 g/mol. The summed E-state index contributed by atoms with van der Waals surface area (Å²) in [6.45, 7) is 1.82. The van der Waals surface area contributed by atoms with Crippen molar-refractivity contribution in [3.05, 3.63) is 23.5 Å². The van der Waals surface area contributed by atoms with E-state index in [9.17, 15) is 9.18 Å². The molecule has 0 saturated carbocycles. The van der Waals surface area contributed by atoms with Gasteiger partial charge in [0.15, 0.2) is 11.6 Å². The Kier molecular flexibility index (Phi) is 2.91. The fourth-order valence-electron chi connectivity index (χ4n) is 0.999. The topological polar surface area (TPSA) is 66.8 Å². The van der Waals surface area contributed by atoms with E-state index in [0.29, 0.717) is 0 Å².